The third kappa shape index (κ3) is 8.32. The van der Waals surface area contributed by atoms with Crippen LogP contribution in [-0.4, -0.2) is 31.4 Å². The van der Waals surface area contributed by atoms with Gasteiger partial charge in [0.15, 0.2) is 23.2 Å². The number of halogens is 1. The Kier molecular flexibility index (Phi) is 12.5. The molecule has 0 spiro atoms. The van der Waals surface area contributed by atoms with Crippen LogP contribution in [0.4, 0.5) is 0 Å². The van der Waals surface area contributed by atoms with Crippen molar-refractivity contribution in [3.63, 3.8) is 0 Å². The van der Waals surface area contributed by atoms with Crippen LogP contribution in [0.25, 0.3) is 0 Å². The van der Waals surface area contributed by atoms with Crippen LogP contribution in [0, 0.1) is 12.3 Å². The number of ether oxygens (including phenoxy) is 2. The van der Waals surface area contributed by atoms with E-state index in [1.807, 2.05) is 31.2 Å². The molecule has 0 atom stereocenters. The monoisotopic (exact) mass is 540 g/mol. The predicted octanol–water partition coefficient (Wildman–Crippen LogP) is 4.47. The topological polar surface area (TPSA) is 80.9 Å². The van der Waals surface area contributed by atoms with Gasteiger partial charge < -0.3 is 24.6 Å². The fraction of sp³-hybridized carbons (Fsp3) is 0.478. The quantitative estimate of drug-likeness (QED) is 0.190. The first kappa shape index (κ1) is 26.6. The molecule has 0 amide bonds. The molecule has 0 saturated heterocycles. The maximum Gasteiger partial charge on any atom is 0.191 e. The van der Waals surface area contributed by atoms with Crippen LogP contribution in [0.15, 0.2) is 33.8 Å². The Morgan fingerprint density at radius 1 is 1.19 bits per heavy atom. The van der Waals surface area contributed by atoms with E-state index in [9.17, 15) is 0 Å². The second-order valence-corrected chi connectivity index (χ2v) is 6.76. The van der Waals surface area contributed by atoms with E-state index in [1.54, 1.807) is 7.11 Å². The van der Waals surface area contributed by atoms with Gasteiger partial charge in [0.2, 0.25) is 0 Å². The normalized spacial score (nSPS) is 10.9. The Morgan fingerprint density at radius 2 is 1.97 bits per heavy atom. The third-order valence-corrected chi connectivity index (χ3v) is 4.71. The summed E-state index contributed by atoms with van der Waals surface area (Å²) in [4.78, 5) is 4.65. The molecule has 0 aliphatic heterocycles. The molecule has 0 aliphatic carbocycles. The Hall–Kier alpha value is -2.41. The number of guanidine groups is 1. The lowest BCUT2D eigenvalue weighted by Crippen LogP contribution is -2.36. The fourth-order valence-electron chi connectivity index (χ4n) is 3.05. The number of hydrogen-bond acceptors (Lipinski definition) is 5. The van der Waals surface area contributed by atoms with Crippen molar-refractivity contribution in [2.45, 2.75) is 52.6 Å². The van der Waals surface area contributed by atoms with Gasteiger partial charge in [-0.05, 0) is 37.5 Å². The van der Waals surface area contributed by atoms with Crippen molar-refractivity contribution in [3.05, 3.63) is 41.3 Å². The van der Waals surface area contributed by atoms with E-state index >= 15 is 0 Å². The summed E-state index contributed by atoms with van der Waals surface area (Å²) in [5, 5.41) is 10.7. The molecule has 170 valence electrons. The van der Waals surface area contributed by atoms with Crippen LogP contribution in [-0.2, 0) is 13.1 Å². The van der Waals surface area contributed by atoms with Crippen molar-refractivity contribution in [2.24, 2.45) is 4.99 Å². The van der Waals surface area contributed by atoms with Crippen molar-refractivity contribution < 1.29 is 14.0 Å². The van der Waals surface area contributed by atoms with Crippen molar-refractivity contribution >= 4 is 29.9 Å². The first-order chi connectivity index (χ1) is 14.6. The van der Waals surface area contributed by atoms with E-state index in [0.29, 0.717) is 36.5 Å². The maximum absolute atomic E-state index is 5.56. The largest absolute Gasteiger partial charge is 0.493 e. The van der Waals surface area contributed by atoms with Crippen LogP contribution < -0.4 is 20.1 Å². The third-order valence-electron chi connectivity index (χ3n) is 4.71. The van der Waals surface area contributed by atoms with Crippen molar-refractivity contribution in [3.8, 4) is 23.8 Å². The number of aromatic nitrogens is 1. The zero-order chi connectivity index (χ0) is 21.8. The smallest absolute Gasteiger partial charge is 0.191 e. The lowest BCUT2D eigenvalue weighted by Gasteiger charge is -2.12. The number of methoxy groups -OCH3 is 1. The number of nitrogens with zero attached hydrogens (tertiary/aromatic N) is 2. The van der Waals surface area contributed by atoms with Gasteiger partial charge in [-0.15, -0.1) is 30.4 Å². The summed E-state index contributed by atoms with van der Waals surface area (Å²) in [5.74, 6) is 5.63. The van der Waals surface area contributed by atoms with E-state index in [4.69, 9.17) is 20.4 Å². The van der Waals surface area contributed by atoms with Crippen molar-refractivity contribution in [2.75, 3.05) is 20.3 Å². The van der Waals surface area contributed by atoms with E-state index in [0.717, 1.165) is 36.4 Å². The zero-order valence-corrected chi connectivity index (χ0v) is 21.1. The standard InChI is InChI=1S/C23H32N4O3.HI/c1-6-12-29-22-13-17(10-11-21(22)28-5)15-25-23(24-9-4)26-16-19-14-20(27-30-19)18(7-2)8-3;/h1,10-11,13-14,18H,7-9,12,15-16H2,2-5H3,(H2,24,25,26);1H. The number of aliphatic imine (C=N–C) groups is 1. The van der Waals surface area contributed by atoms with Crippen LogP contribution in [0.1, 0.15) is 56.5 Å². The molecule has 0 bridgehead atoms. The lowest BCUT2D eigenvalue weighted by atomic mass is 9.99. The van der Waals surface area contributed by atoms with Crippen LogP contribution in [0.3, 0.4) is 0 Å². The Labute approximate surface area is 202 Å². The maximum atomic E-state index is 5.56. The zero-order valence-electron chi connectivity index (χ0n) is 18.7. The van der Waals surface area contributed by atoms with Crippen molar-refractivity contribution in [1.82, 2.24) is 15.8 Å². The Morgan fingerprint density at radius 3 is 2.61 bits per heavy atom. The average Bonchev–Trinajstić information content (AvgIpc) is 3.23. The molecule has 2 N–H and O–H groups in total. The second kappa shape index (κ2) is 14.6. The van der Waals surface area contributed by atoms with Gasteiger partial charge in [0.05, 0.1) is 25.9 Å². The lowest BCUT2D eigenvalue weighted by molar-refractivity contribution is 0.330. The molecule has 0 fully saturated rings. The summed E-state index contributed by atoms with van der Waals surface area (Å²) in [5.41, 5.74) is 1.99. The van der Waals surface area contributed by atoms with Gasteiger partial charge in [0.25, 0.3) is 0 Å². The summed E-state index contributed by atoms with van der Waals surface area (Å²) in [6.45, 7) is 8.27. The summed E-state index contributed by atoms with van der Waals surface area (Å²) in [7, 11) is 1.60. The van der Waals surface area contributed by atoms with Gasteiger partial charge in [-0.25, -0.2) is 4.99 Å². The molecule has 8 heteroatoms. The Balaban J connectivity index is 0.00000480. The van der Waals surface area contributed by atoms with E-state index in [2.05, 4.69) is 40.6 Å². The molecular formula is C23H33IN4O3. The second-order valence-electron chi connectivity index (χ2n) is 6.76. The summed E-state index contributed by atoms with van der Waals surface area (Å²) in [6.07, 6.45) is 7.39. The fourth-order valence-corrected chi connectivity index (χ4v) is 3.05. The number of hydrogen-bond donors (Lipinski definition) is 2. The molecule has 0 aliphatic rings. The molecule has 2 aromatic rings. The van der Waals surface area contributed by atoms with Gasteiger partial charge in [-0.1, -0.05) is 31.0 Å². The molecule has 1 aromatic carbocycles. The predicted molar refractivity (Wildman–Crippen MR) is 134 cm³/mol. The van der Waals surface area contributed by atoms with E-state index in [1.165, 1.54) is 0 Å². The molecule has 1 aromatic heterocycles. The SMILES string of the molecule is C#CCOc1cc(CN=C(NCC)NCc2cc(C(CC)CC)no2)ccc1OC.I. The minimum absolute atomic E-state index is 0. The first-order valence-corrected chi connectivity index (χ1v) is 10.4. The van der Waals surface area contributed by atoms with Gasteiger partial charge in [-0.3, -0.25) is 0 Å². The minimum Gasteiger partial charge on any atom is -0.493 e. The van der Waals surface area contributed by atoms with Crippen LogP contribution >= 0.6 is 24.0 Å². The number of nitrogens with one attached hydrogen (secondary N) is 2. The molecular weight excluding hydrogens is 507 g/mol. The number of rotatable bonds is 11. The molecule has 7 nitrogen and oxygen atoms in total. The number of benzene rings is 1. The summed E-state index contributed by atoms with van der Waals surface area (Å²) < 4.78 is 16.3. The number of terminal acetylenes is 1. The van der Waals surface area contributed by atoms with Gasteiger partial charge in [-0.2, -0.15) is 0 Å². The van der Waals surface area contributed by atoms with Gasteiger partial charge in [0, 0.05) is 18.5 Å². The highest BCUT2D eigenvalue weighted by Crippen LogP contribution is 2.28. The molecule has 2 rings (SSSR count). The minimum atomic E-state index is 0. The van der Waals surface area contributed by atoms with Crippen LogP contribution in [0.2, 0.25) is 0 Å². The molecule has 0 saturated carbocycles. The summed E-state index contributed by atoms with van der Waals surface area (Å²) in [6, 6.07) is 7.71. The highest BCUT2D eigenvalue weighted by Gasteiger charge is 2.13. The van der Waals surface area contributed by atoms with Gasteiger partial charge >= 0.3 is 0 Å². The summed E-state index contributed by atoms with van der Waals surface area (Å²) >= 11 is 0. The van der Waals surface area contributed by atoms with Crippen molar-refractivity contribution in [1.29, 1.82) is 0 Å². The Bertz CT molecular complexity index is 857. The van der Waals surface area contributed by atoms with Gasteiger partial charge in [0.1, 0.15) is 6.61 Å². The van der Waals surface area contributed by atoms with Crippen LogP contribution in [0.5, 0.6) is 11.5 Å². The molecule has 31 heavy (non-hydrogen) atoms. The van der Waals surface area contributed by atoms with E-state index < -0.39 is 0 Å². The highest BCUT2D eigenvalue weighted by atomic mass is 127. The highest BCUT2D eigenvalue weighted by molar-refractivity contribution is 14.0. The molecule has 0 unspecified atom stereocenters. The first-order valence-electron chi connectivity index (χ1n) is 10.4. The molecule has 1 heterocycles. The molecule has 0 radical (unpaired) electrons. The van der Waals surface area contributed by atoms with E-state index in [-0.39, 0.29) is 30.6 Å². The average molecular weight is 540 g/mol.